The zero-order chi connectivity index (χ0) is 10.4. The molecule has 1 aliphatic carbocycles. The van der Waals surface area contributed by atoms with Crippen molar-refractivity contribution < 1.29 is 4.74 Å². The molecule has 1 heterocycles. The lowest BCUT2D eigenvalue weighted by atomic mass is 10.0. The summed E-state index contributed by atoms with van der Waals surface area (Å²) in [6.07, 6.45) is 3.63. The fraction of sp³-hybridized carbons (Fsp3) is 0.500. The summed E-state index contributed by atoms with van der Waals surface area (Å²) in [6.45, 7) is 0.799. The molecule has 1 atom stereocenters. The van der Waals surface area contributed by atoms with Gasteiger partial charge >= 0.3 is 0 Å². The van der Waals surface area contributed by atoms with E-state index in [1.165, 1.54) is 24.0 Å². The third-order valence-electron chi connectivity index (χ3n) is 3.11. The van der Waals surface area contributed by atoms with Gasteiger partial charge in [-0.2, -0.15) is 0 Å². The summed E-state index contributed by atoms with van der Waals surface area (Å²) in [5.74, 6) is 1.85. The Hall–Kier alpha value is -0.210. The molecule has 1 fully saturated rings. The molecule has 15 heavy (non-hydrogen) atoms. The summed E-state index contributed by atoms with van der Waals surface area (Å²) in [7, 11) is 0. The number of fused-ring (bicyclic) bond motifs is 1. The van der Waals surface area contributed by atoms with E-state index in [0.717, 1.165) is 29.7 Å². The molecule has 1 saturated carbocycles. The lowest BCUT2D eigenvalue weighted by Crippen LogP contribution is -1.96. The van der Waals surface area contributed by atoms with E-state index in [-0.39, 0.29) is 0 Å². The summed E-state index contributed by atoms with van der Waals surface area (Å²) in [5.41, 5.74) is 2.51. The molecule has 0 N–H and O–H groups in total. The minimum atomic E-state index is 0.419. The molecular formula is C12H12BrClO. The van der Waals surface area contributed by atoms with Crippen molar-refractivity contribution in [1.29, 1.82) is 0 Å². The van der Waals surface area contributed by atoms with Crippen LogP contribution in [0.5, 0.6) is 5.75 Å². The zero-order valence-electron chi connectivity index (χ0n) is 8.30. The predicted octanol–water partition coefficient (Wildman–Crippen LogP) is 4.12. The van der Waals surface area contributed by atoms with Crippen LogP contribution >= 0.6 is 27.5 Å². The van der Waals surface area contributed by atoms with Crippen molar-refractivity contribution in [2.75, 3.05) is 6.61 Å². The van der Waals surface area contributed by atoms with Gasteiger partial charge in [0.15, 0.2) is 0 Å². The molecule has 0 bridgehead atoms. The Kier molecular flexibility index (Phi) is 2.44. The number of ether oxygens (including phenoxy) is 1. The Morgan fingerprint density at radius 3 is 2.93 bits per heavy atom. The van der Waals surface area contributed by atoms with Gasteiger partial charge in [-0.05, 0) is 36.5 Å². The molecule has 2 aliphatic rings. The highest BCUT2D eigenvalue weighted by Gasteiger charge is 2.33. The van der Waals surface area contributed by atoms with Gasteiger partial charge < -0.3 is 4.74 Å². The fourth-order valence-electron chi connectivity index (χ4n) is 2.15. The fourth-order valence-corrected chi connectivity index (χ4v) is 3.26. The second-order valence-corrected chi connectivity index (χ2v) is 5.74. The standard InChI is InChI=1S/C12H12BrClO/c13-11(7-1-2-7)10-6-9(14)5-8-3-4-15-12(8)10/h5-7,11H,1-4H2. The van der Waals surface area contributed by atoms with Crippen LogP contribution in [-0.2, 0) is 6.42 Å². The van der Waals surface area contributed by atoms with E-state index < -0.39 is 0 Å². The van der Waals surface area contributed by atoms with Crippen molar-refractivity contribution >= 4 is 27.5 Å². The van der Waals surface area contributed by atoms with Crippen LogP contribution in [0.1, 0.15) is 28.8 Å². The normalized spacial score (nSPS) is 20.9. The molecule has 0 spiro atoms. The van der Waals surface area contributed by atoms with Crippen LogP contribution in [0.15, 0.2) is 12.1 Å². The van der Waals surface area contributed by atoms with Gasteiger partial charge in [-0.1, -0.05) is 27.5 Å². The van der Waals surface area contributed by atoms with Crippen molar-refractivity contribution in [2.45, 2.75) is 24.1 Å². The van der Waals surface area contributed by atoms with Crippen molar-refractivity contribution in [3.63, 3.8) is 0 Å². The van der Waals surface area contributed by atoms with E-state index in [4.69, 9.17) is 16.3 Å². The molecule has 0 aromatic heterocycles. The van der Waals surface area contributed by atoms with Crippen molar-refractivity contribution in [2.24, 2.45) is 5.92 Å². The topological polar surface area (TPSA) is 9.23 Å². The van der Waals surface area contributed by atoms with Crippen LogP contribution in [0.25, 0.3) is 0 Å². The SMILES string of the molecule is Clc1cc2c(c(C(Br)C3CC3)c1)OCC2. The summed E-state index contributed by atoms with van der Waals surface area (Å²) in [6, 6.07) is 4.07. The third kappa shape index (κ3) is 1.78. The largest absolute Gasteiger partial charge is 0.493 e. The molecule has 1 aliphatic heterocycles. The predicted molar refractivity (Wildman–Crippen MR) is 65.0 cm³/mol. The molecule has 3 rings (SSSR count). The molecular weight excluding hydrogens is 275 g/mol. The highest BCUT2D eigenvalue weighted by Crippen LogP contribution is 2.50. The average Bonchev–Trinajstić information content (AvgIpc) is 2.96. The summed E-state index contributed by atoms with van der Waals surface area (Å²) in [5, 5.41) is 0.833. The van der Waals surface area contributed by atoms with Gasteiger partial charge in [-0.25, -0.2) is 0 Å². The van der Waals surface area contributed by atoms with Gasteiger partial charge in [-0.15, -0.1) is 0 Å². The molecule has 80 valence electrons. The summed E-state index contributed by atoms with van der Waals surface area (Å²) < 4.78 is 5.70. The van der Waals surface area contributed by atoms with E-state index in [9.17, 15) is 0 Å². The lowest BCUT2D eigenvalue weighted by Gasteiger charge is -2.13. The molecule has 0 saturated heterocycles. The van der Waals surface area contributed by atoms with E-state index in [1.807, 2.05) is 12.1 Å². The maximum absolute atomic E-state index is 6.12. The number of halogens is 2. The Bertz CT molecular complexity index is 401. The first kappa shape index (κ1) is 9.98. The number of hydrogen-bond donors (Lipinski definition) is 0. The monoisotopic (exact) mass is 286 g/mol. The summed E-state index contributed by atoms with van der Waals surface area (Å²) >= 11 is 9.88. The van der Waals surface area contributed by atoms with Crippen LogP contribution < -0.4 is 4.74 Å². The van der Waals surface area contributed by atoms with Crippen LogP contribution in [0.2, 0.25) is 5.02 Å². The van der Waals surface area contributed by atoms with Gasteiger partial charge in [0.05, 0.1) is 6.61 Å². The quantitative estimate of drug-likeness (QED) is 0.744. The van der Waals surface area contributed by atoms with Crippen LogP contribution in [0, 0.1) is 5.92 Å². The van der Waals surface area contributed by atoms with Gasteiger partial charge in [0, 0.05) is 21.8 Å². The number of hydrogen-bond acceptors (Lipinski definition) is 1. The van der Waals surface area contributed by atoms with Gasteiger partial charge in [0.2, 0.25) is 0 Å². The van der Waals surface area contributed by atoms with E-state index in [1.54, 1.807) is 0 Å². The molecule has 1 aromatic rings. The lowest BCUT2D eigenvalue weighted by molar-refractivity contribution is 0.353. The second kappa shape index (κ2) is 3.67. The maximum atomic E-state index is 6.12. The first-order valence-corrected chi connectivity index (χ1v) is 6.64. The minimum absolute atomic E-state index is 0.419. The Morgan fingerprint density at radius 2 is 2.20 bits per heavy atom. The van der Waals surface area contributed by atoms with E-state index in [0.29, 0.717) is 4.83 Å². The van der Waals surface area contributed by atoms with Gasteiger partial charge in [-0.3, -0.25) is 0 Å². The van der Waals surface area contributed by atoms with Crippen LogP contribution in [-0.4, -0.2) is 6.61 Å². The maximum Gasteiger partial charge on any atom is 0.127 e. The van der Waals surface area contributed by atoms with Gasteiger partial charge in [0.1, 0.15) is 5.75 Å². The molecule has 1 aromatic carbocycles. The Morgan fingerprint density at radius 1 is 1.40 bits per heavy atom. The zero-order valence-corrected chi connectivity index (χ0v) is 10.6. The molecule has 0 radical (unpaired) electrons. The minimum Gasteiger partial charge on any atom is -0.493 e. The average molecular weight is 288 g/mol. The highest BCUT2D eigenvalue weighted by atomic mass is 79.9. The molecule has 1 unspecified atom stereocenters. The third-order valence-corrected chi connectivity index (χ3v) is 4.57. The number of alkyl halides is 1. The van der Waals surface area contributed by atoms with Crippen molar-refractivity contribution in [3.05, 3.63) is 28.3 Å². The second-order valence-electron chi connectivity index (χ2n) is 4.32. The Labute approximate surface area is 103 Å². The summed E-state index contributed by atoms with van der Waals surface area (Å²) in [4.78, 5) is 0.419. The molecule has 0 amide bonds. The molecule has 3 heteroatoms. The smallest absolute Gasteiger partial charge is 0.127 e. The Balaban J connectivity index is 2.05. The van der Waals surface area contributed by atoms with Crippen molar-refractivity contribution in [1.82, 2.24) is 0 Å². The van der Waals surface area contributed by atoms with E-state index in [2.05, 4.69) is 15.9 Å². The molecule has 1 nitrogen and oxygen atoms in total. The van der Waals surface area contributed by atoms with E-state index >= 15 is 0 Å². The first-order valence-electron chi connectivity index (χ1n) is 5.35. The number of rotatable bonds is 2. The van der Waals surface area contributed by atoms with Crippen LogP contribution in [0.3, 0.4) is 0 Å². The highest BCUT2D eigenvalue weighted by molar-refractivity contribution is 9.09. The van der Waals surface area contributed by atoms with Crippen molar-refractivity contribution in [3.8, 4) is 5.75 Å². The number of benzene rings is 1. The van der Waals surface area contributed by atoms with Crippen LogP contribution in [0.4, 0.5) is 0 Å². The van der Waals surface area contributed by atoms with Gasteiger partial charge in [0.25, 0.3) is 0 Å². The first-order chi connectivity index (χ1) is 7.25.